The van der Waals surface area contributed by atoms with E-state index in [4.69, 9.17) is 5.73 Å². The molecule has 0 aromatic carbocycles. The van der Waals surface area contributed by atoms with Crippen molar-refractivity contribution in [3.05, 3.63) is 11.3 Å². The van der Waals surface area contributed by atoms with Gasteiger partial charge < -0.3 is 11.1 Å². The molecule has 2 amide bonds. The highest BCUT2D eigenvalue weighted by Gasteiger charge is 2.19. The summed E-state index contributed by atoms with van der Waals surface area (Å²) >= 11 is 0. The lowest BCUT2D eigenvalue weighted by atomic mass is 10.1. The molecule has 0 aliphatic carbocycles. The minimum absolute atomic E-state index is 0.320. The molecule has 1 rings (SSSR count). The van der Waals surface area contributed by atoms with Gasteiger partial charge in [0.05, 0.1) is 5.57 Å². The van der Waals surface area contributed by atoms with Crippen LogP contribution in [-0.2, 0) is 9.59 Å². The molecule has 1 aliphatic heterocycles. The van der Waals surface area contributed by atoms with Crippen LogP contribution in [0.5, 0.6) is 0 Å². The molecule has 0 radical (unpaired) electrons. The van der Waals surface area contributed by atoms with Crippen LogP contribution in [-0.4, -0.2) is 37.4 Å². The predicted octanol–water partition coefficient (Wildman–Crippen LogP) is -1.19. The predicted molar refractivity (Wildman–Crippen MR) is 47.5 cm³/mol. The molecule has 1 aliphatic rings. The molecule has 5 nitrogen and oxygen atoms in total. The number of rotatable bonds is 2. The topological polar surface area (TPSA) is 75.4 Å². The number of nitrogens with one attached hydrogen (secondary N) is 1. The van der Waals surface area contributed by atoms with E-state index in [0.29, 0.717) is 30.6 Å². The summed E-state index contributed by atoms with van der Waals surface area (Å²) in [6.07, 6.45) is 1.14. The lowest BCUT2D eigenvalue weighted by Gasteiger charge is -2.19. The summed E-state index contributed by atoms with van der Waals surface area (Å²) in [6.45, 7) is 1.23. The maximum atomic E-state index is 11.5. The molecule has 72 valence electrons. The Morgan fingerprint density at radius 1 is 1.69 bits per heavy atom. The molecule has 13 heavy (non-hydrogen) atoms. The number of imide groups is 1. The monoisotopic (exact) mass is 183 g/mol. The minimum Gasteiger partial charge on any atom is -0.402 e. The zero-order chi connectivity index (χ0) is 9.84. The van der Waals surface area contributed by atoms with E-state index in [2.05, 4.69) is 5.32 Å². The molecule has 0 spiro atoms. The number of nitrogens with zero attached hydrogens (tertiary/aromatic N) is 1. The van der Waals surface area contributed by atoms with E-state index in [-0.39, 0.29) is 5.91 Å². The van der Waals surface area contributed by atoms with Crippen LogP contribution in [0.25, 0.3) is 0 Å². The van der Waals surface area contributed by atoms with E-state index in [1.54, 1.807) is 0 Å². The highest BCUT2D eigenvalue weighted by atomic mass is 16.2. The molecular weight excluding hydrogens is 170 g/mol. The molecule has 0 atom stereocenters. The fraction of sp³-hybridized carbons (Fsp3) is 0.500. The molecule has 3 N–H and O–H groups in total. The SMILES string of the molecule is CN(C=O)C(=O)C1=C(N)CCNC1. The third-order valence-electron chi connectivity index (χ3n) is 2.00. The van der Waals surface area contributed by atoms with Gasteiger partial charge in [-0.2, -0.15) is 0 Å². The van der Waals surface area contributed by atoms with Gasteiger partial charge in [0.2, 0.25) is 6.41 Å². The fourth-order valence-corrected chi connectivity index (χ4v) is 1.17. The van der Waals surface area contributed by atoms with Crippen LogP contribution in [0.1, 0.15) is 6.42 Å². The molecule has 0 fully saturated rings. The van der Waals surface area contributed by atoms with Gasteiger partial charge in [-0.1, -0.05) is 0 Å². The first kappa shape index (κ1) is 9.73. The number of carbonyl (C=O) groups is 2. The summed E-state index contributed by atoms with van der Waals surface area (Å²) in [4.78, 5) is 22.8. The second-order valence-corrected chi connectivity index (χ2v) is 2.95. The Morgan fingerprint density at radius 2 is 2.38 bits per heavy atom. The van der Waals surface area contributed by atoms with E-state index >= 15 is 0 Å². The third-order valence-corrected chi connectivity index (χ3v) is 2.00. The van der Waals surface area contributed by atoms with E-state index < -0.39 is 0 Å². The summed E-state index contributed by atoms with van der Waals surface area (Å²) in [5, 5.41) is 3.02. The van der Waals surface area contributed by atoms with Gasteiger partial charge in [-0.05, 0) is 6.42 Å². The van der Waals surface area contributed by atoms with Crippen molar-refractivity contribution in [2.75, 3.05) is 20.1 Å². The van der Waals surface area contributed by atoms with Crippen molar-refractivity contribution >= 4 is 12.3 Å². The number of hydrogen-bond donors (Lipinski definition) is 2. The third kappa shape index (κ3) is 2.06. The molecule has 0 saturated heterocycles. The van der Waals surface area contributed by atoms with Gasteiger partial charge in [0.25, 0.3) is 5.91 Å². The molecule has 0 bridgehead atoms. The lowest BCUT2D eigenvalue weighted by molar-refractivity contribution is -0.133. The minimum atomic E-state index is -0.320. The summed E-state index contributed by atoms with van der Waals surface area (Å²) in [6, 6.07) is 0. The molecule has 0 aromatic heterocycles. The van der Waals surface area contributed by atoms with Gasteiger partial charge >= 0.3 is 0 Å². The normalized spacial score (nSPS) is 17.0. The van der Waals surface area contributed by atoms with E-state index in [1.807, 2.05) is 0 Å². The Hall–Kier alpha value is -1.36. The van der Waals surface area contributed by atoms with Crippen LogP contribution in [0.3, 0.4) is 0 Å². The molecular formula is C8H13N3O2. The Bertz CT molecular complexity index is 260. The first-order valence-electron chi connectivity index (χ1n) is 4.07. The Labute approximate surface area is 76.6 Å². The summed E-state index contributed by atoms with van der Waals surface area (Å²) in [5.41, 5.74) is 6.73. The van der Waals surface area contributed by atoms with Gasteiger partial charge in [0.15, 0.2) is 0 Å². The first-order valence-corrected chi connectivity index (χ1v) is 4.07. The van der Waals surface area contributed by atoms with Crippen LogP contribution < -0.4 is 11.1 Å². The molecule has 0 saturated carbocycles. The van der Waals surface area contributed by atoms with Crippen molar-refractivity contribution in [2.24, 2.45) is 5.73 Å². The van der Waals surface area contributed by atoms with Crippen molar-refractivity contribution in [3.63, 3.8) is 0 Å². The highest BCUT2D eigenvalue weighted by Crippen LogP contribution is 2.08. The Kier molecular flexibility index (Phi) is 3.02. The number of carbonyl (C=O) groups excluding carboxylic acids is 2. The van der Waals surface area contributed by atoms with Crippen LogP contribution in [0.2, 0.25) is 0 Å². The van der Waals surface area contributed by atoms with Crippen LogP contribution >= 0.6 is 0 Å². The van der Waals surface area contributed by atoms with Crippen LogP contribution in [0.4, 0.5) is 0 Å². The molecule has 0 unspecified atom stereocenters. The quantitative estimate of drug-likeness (QED) is 0.528. The number of nitrogens with two attached hydrogens (primary N) is 1. The molecule has 5 heteroatoms. The number of hydrogen-bond acceptors (Lipinski definition) is 4. The average Bonchev–Trinajstić information content (AvgIpc) is 2.16. The average molecular weight is 183 g/mol. The summed E-state index contributed by atoms with van der Waals surface area (Å²) in [7, 11) is 1.42. The maximum Gasteiger partial charge on any atom is 0.258 e. The molecule has 0 aromatic rings. The van der Waals surface area contributed by atoms with Crippen molar-refractivity contribution in [2.45, 2.75) is 6.42 Å². The Balaban J connectivity index is 2.80. The van der Waals surface area contributed by atoms with Crippen LogP contribution in [0.15, 0.2) is 11.3 Å². The van der Waals surface area contributed by atoms with E-state index in [9.17, 15) is 9.59 Å². The second kappa shape index (κ2) is 4.04. The smallest absolute Gasteiger partial charge is 0.258 e. The fourth-order valence-electron chi connectivity index (χ4n) is 1.17. The largest absolute Gasteiger partial charge is 0.402 e. The summed E-state index contributed by atoms with van der Waals surface area (Å²) in [5.74, 6) is -0.320. The number of amides is 2. The van der Waals surface area contributed by atoms with Crippen molar-refractivity contribution in [3.8, 4) is 0 Å². The van der Waals surface area contributed by atoms with Gasteiger partial charge in [0.1, 0.15) is 0 Å². The van der Waals surface area contributed by atoms with Gasteiger partial charge in [0, 0.05) is 25.8 Å². The van der Waals surface area contributed by atoms with Gasteiger partial charge in [-0.3, -0.25) is 14.5 Å². The Morgan fingerprint density at radius 3 is 2.92 bits per heavy atom. The maximum absolute atomic E-state index is 11.5. The first-order chi connectivity index (χ1) is 6.16. The standard InChI is InChI=1S/C8H13N3O2/c1-11(5-12)8(13)6-4-10-3-2-7(6)9/h5,10H,2-4,9H2,1H3. The van der Waals surface area contributed by atoms with E-state index in [0.717, 1.165) is 11.4 Å². The molecule has 1 heterocycles. The van der Waals surface area contributed by atoms with Gasteiger partial charge in [-0.15, -0.1) is 0 Å². The zero-order valence-electron chi connectivity index (χ0n) is 7.54. The van der Waals surface area contributed by atoms with Crippen LogP contribution in [0, 0.1) is 0 Å². The van der Waals surface area contributed by atoms with Crippen molar-refractivity contribution in [1.29, 1.82) is 0 Å². The van der Waals surface area contributed by atoms with Crippen molar-refractivity contribution in [1.82, 2.24) is 10.2 Å². The summed E-state index contributed by atoms with van der Waals surface area (Å²) < 4.78 is 0. The lowest BCUT2D eigenvalue weighted by Crippen LogP contribution is -2.37. The van der Waals surface area contributed by atoms with Crippen molar-refractivity contribution < 1.29 is 9.59 Å². The zero-order valence-corrected chi connectivity index (χ0v) is 7.54. The second-order valence-electron chi connectivity index (χ2n) is 2.95. The van der Waals surface area contributed by atoms with Gasteiger partial charge in [-0.25, -0.2) is 0 Å². The highest BCUT2D eigenvalue weighted by molar-refractivity contribution is 5.99. The number of likely N-dealkylation sites (N-methyl/N-ethyl adjacent to an activating group) is 1. The van der Waals surface area contributed by atoms with E-state index in [1.165, 1.54) is 7.05 Å².